The van der Waals surface area contributed by atoms with Crippen LogP contribution in [0.25, 0.3) is 11.0 Å². The number of benzene rings is 2. The van der Waals surface area contributed by atoms with Crippen LogP contribution < -0.4 is 4.90 Å². The van der Waals surface area contributed by atoms with Gasteiger partial charge in [0.05, 0.1) is 17.6 Å². The van der Waals surface area contributed by atoms with E-state index in [1.807, 2.05) is 43.4 Å². The molecule has 5 nitrogen and oxygen atoms in total. The third-order valence-corrected chi connectivity index (χ3v) is 5.87. The number of rotatable bonds is 5. The Morgan fingerprint density at radius 1 is 1.07 bits per heavy atom. The van der Waals surface area contributed by atoms with Gasteiger partial charge in [-0.3, -0.25) is 9.69 Å². The van der Waals surface area contributed by atoms with E-state index in [9.17, 15) is 4.79 Å². The molecule has 0 aliphatic carbocycles. The van der Waals surface area contributed by atoms with Gasteiger partial charge in [-0.2, -0.15) is 0 Å². The molecule has 0 bridgehead atoms. The lowest BCUT2D eigenvalue weighted by Crippen LogP contribution is -2.42. The third kappa shape index (κ3) is 3.94. The second-order valence-electron chi connectivity index (χ2n) is 7.77. The maximum atomic E-state index is 12.6. The van der Waals surface area contributed by atoms with E-state index in [0.717, 1.165) is 49.5 Å². The van der Waals surface area contributed by atoms with E-state index in [-0.39, 0.29) is 5.91 Å². The zero-order chi connectivity index (χ0) is 19.5. The van der Waals surface area contributed by atoms with Crippen molar-refractivity contribution < 1.29 is 4.79 Å². The molecule has 2 heterocycles. The van der Waals surface area contributed by atoms with Gasteiger partial charge in [-0.1, -0.05) is 30.3 Å². The molecule has 2 aromatic carbocycles. The van der Waals surface area contributed by atoms with Crippen LogP contribution >= 0.6 is 0 Å². The number of para-hydroxylation sites is 3. The first-order chi connectivity index (χ1) is 13.6. The number of nitrogens with zero attached hydrogens (tertiary/aromatic N) is 4. The van der Waals surface area contributed by atoms with Crippen molar-refractivity contribution in [3.8, 4) is 0 Å². The fourth-order valence-electron chi connectivity index (χ4n) is 4.10. The van der Waals surface area contributed by atoms with E-state index < -0.39 is 0 Å². The van der Waals surface area contributed by atoms with Gasteiger partial charge in [-0.25, -0.2) is 4.98 Å². The smallest absolute Gasteiger partial charge is 0.240 e. The predicted octanol–water partition coefficient (Wildman–Crippen LogP) is 3.72. The average Bonchev–Trinajstić information content (AvgIpc) is 3.04. The van der Waals surface area contributed by atoms with Crippen LogP contribution in [-0.4, -0.2) is 47.0 Å². The molecule has 28 heavy (non-hydrogen) atoms. The molecule has 4 rings (SSSR count). The molecule has 1 amide bonds. The zero-order valence-corrected chi connectivity index (χ0v) is 16.7. The Hall–Kier alpha value is -2.66. The number of anilines is 1. The molecular formula is C23H28N4O. The number of hydrogen-bond acceptors (Lipinski definition) is 3. The van der Waals surface area contributed by atoms with Crippen molar-refractivity contribution in [3.05, 3.63) is 60.4 Å². The Bertz CT molecular complexity index is 942. The zero-order valence-electron chi connectivity index (χ0n) is 16.7. The van der Waals surface area contributed by atoms with Gasteiger partial charge in [0.2, 0.25) is 5.91 Å². The van der Waals surface area contributed by atoms with Gasteiger partial charge in [0, 0.05) is 19.3 Å². The minimum absolute atomic E-state index is 0.154. The van der Waals surface area contributed by atoms with Crippen molar-refractivity contribution in [2.24, 2.45) is 5.92 Å². The molecule has 1 aliphatic heterocycles. The first-order valence-corrected chi connectivity index (χ1v) is 10.1. The maximum Gasteiger partial charge on any atom is 0.240 e. The highest BCUT2D eigenvalue weighted by atomic mass is 16.2. The molecule has 0 saturated carbocycles. The Morgan fingerprint density at radius 2 is 1.75 bits per heavy atom. The quantitative estimate of drug-likeness (QED) is 0.681. The van der Waals surface area contributed by atoms with Crippen molar-refractivity contribution >= 4 is 22.6 Å². The summed E-state index contributed by atoms with van der Waals surface area (Å²) in [5.74, 6) is 1.87. The molecule has 1 aliphatic rings. The Morgan fingerprint density at radius 3 is 2.50 bits per heavy atom. The lowest BCUT2D eigenvalue weighted by Gasteiger charge is -2.33. The summed E-state index contributed by atoms with van der Waals surface area (Å²) < 4.78 is 2.35. The number of carbonyl (C=O) groups excluding carboxylic acids is 1. The number of carbonyl (C=O) groups is 1. The molecule has 0 radical (unpaired) electrons. The Kier molecular flexibility index (Phi) is 5.44. The fourth-order valence-corrected chi connectivity index (χ4v) is 4.10. The number of hydrogen-bond donors (Lipinski definition) is 0. The fraction of sp³-hybridized carbons (Fsp3) is 0.391. The van der Waals surface area contributed by atoms with Crippen molar-refractivity contribution in [2.45, 2.75) is 26.3 Å². The van der Waals surface area contributed by atoms with Crippen LogP contribution in [-0.2, 0) is 11.3 Å². The summed E-state index contributed by atoms with van der Waals surface area (Å²) in [5.41, 5.74) is 3.25. The molecule has 0 N–H and O–H groups in total. The minimum atomic E-state index is 0.154. The lowest BCUT2D eigenvalue weighted by molar-refractivity contribution is -0.119. The number of likely N-dealkylation sites (tertiary alicyclic amines) is 1. The number of fused-ring (bicyclic) bond motifs is 1. The molecule has 1 aromatic heterocycles. The first kappa shape index (κ1) is 18.7. The SMILES string of the molecule is Cc1nc2ccccc2n1CC1CCN(CC(=O)N(C)c2ccccc2)CC1. The van der Waals surface area contributed by atoms with Gasteiger partial charge in [-0.15, -0.1) is 0 Å². The minimum Gasteiger partial charge on any atom is -0.328 e. The second-order valence-corrected chi connectivity index (χ2v) is 7.77. The number of aromatic nitrogens is 2. The van der Waals surface area contributed by atoms with E-state index in [1.165, 1.54) is 5.52 Å². The van der Waals surface area contributed by atoms with Crippen LogP contribution in [0.1, 0.15) is 18.7 Å². The van der Waals surface area contributed by atoms with Gasteiger partial charge < -0.3 is 9.47 Å². The lowest BCUT2D eigenvalue weighted by atomic mass is 9.96. The highest BCUT2D eigenvalue weighted by Gasteiger charge is 2.23. The summed E-state index contributed by atoms with van der Waals surface area (Å²) in [5, 5.41) is 0. The van der Waals surface area contributed by atoms with E-state index in [4.69, 9.17) is 0 Å². The van der Waals surface area contributed by atoms with Gasteiger partial charge in [0.1, 0.15) is 5.82 Å². The highest BCUT2D eigenvalue weighted by Crippen LogP contribution is 2.23. The molecule has 146 valence electrons. The first-order valence-electron chi connectivity index (χ1n) is 10.1. The van der Waals surface area contributed by atoms with Crippen molar-refractivity contribution in [3.63, 3.8) is 0 Å². The standard InChI is InChI=1S/C23H28N4O/c1-18-24-21-10-6-7-11-22(21)27(18)16-19-12-14-26(15-13-19)17-23(28)25(2)20-8-4-3-5-9-20/h3-11,19H,12-17H2,1-2H3. The largest absolute Gasteiger partial charge is 0.328 e. The number of likely N-dealkylation sites (N-methyl/N-ethyl adjacent to an activating group) is 1. The molecule has 3 aromatic rings. The Labute approximate surface area is 166 Å². The molecule has 5 heteroatoms. The van der Waals surface area contributed by atoms with Crippen LogP contribution in [0.15, 0.2) is 54.6 Å². The third-order valence-electron chi connectivity index (χ3n) is 5.87. The summed E-state index contributed by atoms with van der Waals surface area (Å²) in [4.78, 5) is 21.3. The predicted molar refractivity (Wildman–Crippen MR) is 113 cm³/mol. The summed E-state index contributed by atoms with van der Waals surface area (Å²) >= 11 is 0. The number of amides is 1. The molecular weight excluding hydrogens is 348 g/mol. The summed E-state index contributed by atoms with van der Waals surface area (Å²) in [7, 11) is 1.86. The van der Waals surface area contributed by atoms with Crippen LogP contribution in [0.2, 0.25) is 0 Å². The summed E-state index contributed by atoms with van der Waals surface area (Å²) in [6.07, 6.45) is 2.24. The summed E-state index contributed by atoms with van der Waals surface area (Å²) in [6.45, 7) is 5.55. The molecule has 1 fully saturated rings. The van der Waals surface area contributed by atoms with Crippen LogP contribution in [0.4, 0.5) is 5.69 Å². The van der Waals surface area contributed by atoms with E-state index in [2.05, 4.69) is 39.6 Å². The molecule has 1 saturated heterocycles. The van der Waals surface area contributed by atoms with Gasteiger partial charge >= 0.3 is 0 Å². The average molecular weight is 377 g/mol. The Balaban J connectivity index is 1.32. The normalized spacial score (nSPS) is 15.8. The van der Waals surface area contributed by atoms with Crippen molar-refractivity contribution in [2.75, 3.05) is 31.6 Å². The van der Waals surface area contributed by atoms with Gasteiger partial charge in [0.15, 0.2) is 0 Å². The van der Waals surface area contributed by atoms with Crippen LogP contribution in [0, 0.1) is 12.8 Å². The number of piperidine rings is 1. The maximum absolute atomic E-state index is 12.6. The number of aryl methyl sites for hydroxylation is 1. The molecule has 0 unspecified atom stereocenters. The summed E-state index contributed by atoms with van der Waals surface area (Å²) in [6, 6.07) is 18.2. The molecule has 0 atom stereocenters. The highest BCUT2D eigenvalue weighted by molar-refractivity contribution is 5.94. The topological polar surface area (TPSA) is 41.4 Å². The second kappa shape index (κ2) is 8.15. The monoisotopic (exact) mass is 376 g/mol. The van der Waals surface area contributed by atoms with Crippen LogP contribution in [0.3, 0.4) is 0 Å². The van der Waals surface area contributed by atoms with E-state index >= 15 is 0 Å². The van der Waals surface area contributed by atoms with Gasteiger partial charge in [-0.05, 0) is 63.0 Å². The van der Waals surface area contributed by atoms with E-state index in [0.29, 0.717) is 12.5 Å². The molecule has 0 spiro atoms. The van der Waals surface area contributed by atoms with E-state index in [1.54, 1.807) is 4.90 Å². The van der Waals surface area contributed by atoms with Crippen molar-refractivity contribution in [1.82, 2.24) is 14.5 Å². The van der Waals surface area contributed by atoms with Crippen LogP contribution in [0.5, 0.6) is 0 Å². The number of imidazole rings is 1. The van der Waals surface area contributed by atoms with Gasteiger partial charge in [0.25, 0.3) is 0 Å². The van der Waals surface area contributed by atoms with Crippen molar-refractivity contribution in [1.29, 1.82) is 0 Å².